The van der Waals surface area contributed by atoms with Gasteiger partial charge in [0.05, 0.1) is 6.10 Å². The van der Waals surface area contributed by atoms with E-state index in [1.54, 1.807) is 6.92 Å². The van der Waals surface area contributed by atoms with E-state index in [-0.39, 0.29) is 12.4 Å². The van der Waals surface area contributed by atoms with Crippen molar-refractivity contribution in [3.8, 4) is 0 Å². The highest BCUT2D eigenvalue weighted by Crippen LogP contribution is 2.13. The Balaban J connectivity index is 2.45. The number of carbonyl (C=O) groups is 2. The third kappa shape index (κ3) is 4.97. The van der Waals surface area contributed by atoms with Crippen LogP contribution in [0.1, 0.15) is 25.3 Å². The van der Waals surface area contributed by atoms with Gasteiger partial charge in [0, 0.05) is 12.2 Å². The van der Waals surface area contributed by atoms with Gasteiger partial charge in [0.1, 0.15) is 5.82 Å². The van der Waals surface area contributed by atoms with Crippen molar-refractivity contribution in [2.45, 2.75) is 32.8 Å². The molecule has 0 saturated carbocycles. The van der Waals surface area contributed by atoms with Crippen molar-refractivity contribution in [3.63, 3.8) is 0 Å². The molecule has 0 spiro atoms. The number of carbonyl (C=O) groups excluding carboxylic acids is 2. The zero-order valence-electron chi connectivity index (χ0n) is 11.6. The predicted molar refractivity (Wildman–Crippen MR) is 73.7 cm³/mol. The van der Waals surface area contributed by atoms with Gasteiger partial charge in [-0.15, -0.1) is 0 Å². The highest BCUT2D eigenvalue weighted by atomic mass is 19.1. The van der Waals surface area contributed by atoms with Crippen molar-refractivity contribution >= 4 is 17.5 Å². The predicted octanol–water partition coefficient (Wildman–Crippen LogP) is 1.35. The van der Waals surface area contributed by atoms with Crippen LogP contribution < -0.4 is 10.6 Å². The Kier molecular flexibility index (Phi) is 6.11. The molecule has 2 amide bonds. The van der Waals surface area contributed by atoms with Gasteiger partial charge in [-0.05, 0) is 43.5 Å². The van der Waals surface area contributed by atoms with E-state index in [9.17, 15) is 19.1 Å². The van der Waals surface area contributed by atoms with Gasteiger partial charge in [-0.2, -0.15) is 0 Å². The summed E-state index contributed by atoms with van der Waals surface area (Å²) in [5.74, 6) is -1.97. The van der Waals surface area contributed by atoms with Gasteiger partial charge in [-0.3, -0.25) is 9.59 Å². The molecule has 1 atom stereocenters. The molecule has 0 aliphatic carbocycles. The molecule has 0 aromatic heterocycles. The summed E-state index contributed by atoms with van der Waals surface area (Å²) in [5, 5.41) is 14.1. The summed E-state index contributed by atoms with van der Waals surface area (Å²) in [6.07, 6.45) is 0.500. The van der Waals surface area contributed by atoms with Gasteiger partial charge >= 0.3 is 11.8 Å². The minimum absolute atomic E-state index is 0.226. The molecule has 110 valence electrons. The molecule has 20 heavy (non-hydrogen) atoms. The second kappa shape index (κ2) is 7.59. The molecule has 1 aromatic carbocycles. The number of amides is 2. The van der Waals surface area contributed by atoms with E-state index in [4.69, 9.17) is 0 Å². The number of aliphatic hydroxyl groups is 1. The van der Waals surface area contributed by atoms with Crippen molar-refractivity contribution < 1.29 is 19.1 Å². The van der Waals surface area contributed by atoms with Crippen LogP contribution in [0.4, 0.5) is 10.1 Å². The number of benzene rings is 1. The summed E-state index contributed by atoms with van der Waals surface area (Å²) < 4.78 is 13.1. The average molecular weight is 282 g/mol. The molecule has 1 unspecified atom stereocenters. The lowest BCUT2D eigenvalue weighted by Gasteiger charge is -2.09. The summed E-state index contributed by atoms with van der Waals surface area (Å²) >= 11 is 0. The molecule has 3 N–H and O–H groups in total. The van der Waals surface area contributed by atoms with Gasteiger partial charge in [0.15, 0.2) is 0 Å². The quantitative estimate of drug-likeness (QED) is 0.713. The van der Waals surface area contributed by atoms with E-state index < -0.39 is 17.9 Å². The van der Waals surface area contributed by atoms with E-state index in [0.29, 0.717) is 24.1 Å². The summed E-state index contributed by atoms with van der Waals surface area (Å²) in [7, 11) is 0. The SMILES string of the molecule is CCC(O)CCNC(=O)C(=O)Nc1ccc(F)c(C)c1. The van der Waals surface area contributed by atoms with Crippen LogP contribution in [-0.2, 0) is 9.59 Å². The van der Waals surface area contributed by atoms with Crippen molar-refractivity contribution in [1.29, 1.82) is 0 Å². The molecule has 0 bridgehead atoms. The molecule has 0 fully saturated rings. The number of hydrogen-bond donors (Lipinski definition) is 3. The first kappa shape index (κ1) is 16.1. The minimum atomic E-state index is -0.818. The summed E-state index contributed by atoms with van der Waals surface area (Å²) in [5.41, 5.74) is 0.743. The van der Waals surface area contributed by atoms with Crippen LogP contribution in [0, 0.1) is 12.7 Å². The Bertz CT molecular complexity index is 491. The molecule has 1 rings (SSSR count). The molecule has 1 aromatic rings. The van der Waals surface area contributed by atoms with Crippen molar-refractivity contribution in [2.24, 2.45) is 0 Å². The van der Waals surface area contributed by atoms with Crippen LogP contribution in [0.15, 0.2) is 18.2 Å². The number of rotatable bonds is 5. The number of nitrogens with one attached hydrogen (secondary N) is 2. The van der Waals surface area contributed by atoms with E-state index in [1.165, 1.54) is 18.2 Å². The molecule has 0 aliphatic rings. The molecule has 0 heterocycles. The topological polar surface area (TPSA) is 78.4 Å². The fraction of sp³-hybridized carbons (Fsp3) is 0.429. The maximum Gasteiger partial charge on any atom is 0.313 e. The number of hydrogen-bond acceptors (Lipinski definition) is 3. The van der Waals surface area contributed by atoms with Crippen LogP contribution in [0.2, 0.25) is 0 Å². The molecular weight excluding hydrogens is 263 g/mol. The second-order valence-corrected chi connectivity index (χ2v) is 4.52. The van der Waals surface area contributed by atoms with Gasteiger partial charge in [0.2, 0.25) is 0 Å². The lowest BCUT2D eigenvalue weighted by atomic mass is 10.2. The van der Waals surface area contributed by atoms with Crippen LogP contribution in [0.3, 0.4) is 0 Å². The normalized spacial score (nSPS) is 11.8. The molecule has 5 nitrogen and oxygen atoms in total. The fourth-order valence-electron chi connectivity index (χ4n) is 1.55. The van der Waals surface area contributed by atoms with Crippen molar-refractivity contribution in [1.82, 2.24) is 5.32 Å². The van der Waals surface area contributed by atoms with Gasteiger partial charge in [-0.1, -0.05) is 6.92 Å². The Morgan fingerprint density at radius 3 is 2.65 bits per heavy atom. The van der Waals surface area contributed by atoms with Crippen LogP contribution in [0.25, 0.3) is 0 Å². The Labute approximate surface area is 117 Å². The number of aliphatic hydroxyl groups excluding tert-OH is 1. The zero-order chi connectivity index (χ0) is 15.1. The number of anilines is 1. The molecule has 0 aliphatic heterocycles. The van der Waals surface area contributed by atoms with Gasteiger partial charge in [-0.25, -0.2) is 4.39 Å². The third-order valence-electron chi connectivity index (χ3n) is 2.86. The van der Waals surface area contributed by atoms with E-state index in [1.807, 2.05) is 6.92 Å². The monoisotopic (exact) mass is 282 g/mol. The zero-order valence-corrected chi connectivity index (χ0v) is 11.6. The number of halogens is 1. The fourth-order valence-corrected chi connectivity index (χ4v) is 1.55. The Hall–Kier alpha value is -1.95. The standard InChI is InChI=1S/C14H19FN2O3/c1-3-11(18)6-7-16-13(19)14(20)17-10-4-5-12(15)9(2)8-10/h4-5,8,11,18H,3,6-7H2,1-2H3,(H,16,19)(H,17,20). The summed E-state index contributed by atoms with van der Waals surface area (Å²) in [6.45, 7) is 3.62. The van der Waals surface area contributed by atoms with Gasteiger partial charge in [0.25, 0.3) is 0 Å². The molecular formula is C14H19FN2O3. The highest BCUT2D eigenvalue weighted by Gasteiger charge is 2.14. The van der Waals surface area contributed by atoms with Crippen LogP contribution >= 0.6 is 0 Å². The van der Waals surface area contributed by atoms with Crippen LogP contribution in [-0.4, -0.2) is 29.6 Å². The Morgan fingerprint density at radius 2 is 2.05 bits per heavy atom. The maximum absolute atomic E-state index is 13.1. The smallest absolute Gasteiger partial charge is 0.313 e. The van der Waals surface area contributed by atoms with E-state index >= 15 is 0 Å². The lowest BCUT2D eigenvalue weighted by molar-refractivity contribution is -0.136. The Morgan fingerprint density at radius 1 is 1.35 bits per heavy atom. The molecule has 0 saturated heterocycles. The summed E-state index contributed by atoms with van der Waals surface area (Å²) in [6, 6.07) is 4.05. The largest absolute Gasteiger partial charge is 0.393 e. The minimum Gasteiger partial charge on any atom is -0.393 e. The first-order chi connectivity index (χ1) is 9.43. The first-order valence-corrected chi connectivity index (χ1v) is 6.47. The second-order valence-electron chi connectivity index (χ2n) is 4.52. The first-order valence-electron chi connectivity index (χ1n) is 6.47. The average Bonchev–Trinajstić information content (AvgIpc) is 2.42. The maximum atomic E-state index is 13.1. The van der Waals surface area contributed by atoms with Crippen LogP contribution in [0.5, 0.6) is 0 Å². The highest BCUT2D eigenvalue weighted by molar-refractivity contribution is 6.39. The van der Waals surface area contributed by atoms with Crippen molar-refractivity contribution in [2.75, 3.05) is 11.9 Å². The summed E-state index contributed by atoms with van der Waals surface area (Å²) in [4.78, 5) is 23.1. The lowest BCUT2D eigenvalue weighted by Crippen LogP contribution is -2.36. The van der Waals surface area contributed by atoms with E-state index in [0.717, 1.165) is 0 Å². The third-order valence-corrected chi connectivity index (χ3v) is 2.86. The van der Waals surface area contributed by atoms with E-state index in [2.05, 4.69) is 10.6 Å². The van der Waals surface area contributed by atoms with Gasteiger partial charge < -0.3 is 15.7 Å². The number of aryl methyl sites for hydroxylation is 1. The molecule has 6 heteroatoms. The molecule has 0 radical (unpaired) electrons. The van der Waals surface area contributed by atoms with Crippen molar-refractivity contribution in [3.05, 3.63) is 29.6 Å².